The number of carboxylic acids is 1. The summed E-state index contributed by atoms with van der Waals surface area (Å²) < 4.78 is 38.8. The minimum Gasteiger partial charge on any atom is -0.481 e. The monoisotopic (exact) mass is 284 g/mol. The summed E-state index contributed by atoms with van der Waals surface area (Å²) in [5.41, 5.74) is 0.740. The van der Waals surface area contributed by atoms with Crippen molar-refractivity contribution in [3.8, 4) is 11.3 Å². The first-order valence-electron chi connectivity index (χ1n) is 5.69. The Morgan fingerprint density at radius 2 is 1.90 bits per heavy atom. The lowest BCUT2D eigenvalue weighted by Crippen LogP contribution is -2.04. The fourth-order valence-electron chi connectivity index (χ4n) is 1.87. The lowest BCUT2D eigenvalue weighted by molar-refractivity contribution is -0.138. The molecule has 2 aromatic rings. The van der Waals surface area contributed by atoms with Crippen molar-refractivity contribution in [3.63, 3.8) is 0 Å². The number of alkyl halides is 3. The molecular formula is C13H11F3N2O2. The number of hydrogen-bond acceptors (Lipinski definition) is 2. The van der Waals surface area contributed by atoms with Crippen LogP contribution in [0.3, 0.4) is 0 Å². The molecule has 4 nitrogen and oxygen atoms in total. The van der Waals surface area contributed by atoms with Gasteiger partial charge in [-0.05, 0) is 23.8 Å². The molecular weight excluding hydrogens is 273 g/mol. The Morgan fingerprint density at radius 1 is 1.30 bits per heavy atom. The Labute approximate surface area is 112 Å². The molecule has 0 aliphatic rings. The Kier molecular flexibility index (Phi) is 3.52. The highest BCUT2D eigenvalue weighted by molar-refractivity contribution is 5.70. The number of aliphatic carboxylic acids is 1. The Balaban J connectivity index is 2.32. The van der Waals surface area contributed by atoms with Crippen LogP contribution in [0, 0.1) is 0 Å². The Bertz CT molecular complexity index is 630. The number of benzene rings is 1. The first-order chi connectivity index (χ1) is 9.27. The van der Waals surface area contributed by atoms with E-state index in [4.69, 9.17) is 5.11 Å². The van der Waals surface area contributed by atoms with Gasteiger partial charge < -0.3 is 5.11 Å². The second-order valence-electron chi connectivity index (χ2n) is 4.29. The predicted molar refractivity (Wildman–Crippen MR) is 65.0 cm³/mol. The minimum absolute atomic E-state index is 0.228. The van der Waals surface area contributed by atoms with Crippen molar-refractivity contribution < 1.29 is 23.1 Å². The number of nitrogens with zero attached hydrogens (tertiary/aromatic N) is 2. The molecule has 0 saturated carbocycles. The van der Waals surface area contributed by atoms with Crippen molar-refractivity contribution >= 4 is 5.97 Å². The molecule has 20 heavy (non-hydrogen) atoms. The highest BCUT2D eigenvalue weighted by Crippen LogP contribution is 2.31. The number of rotatable bonds is 3. The van der Waals surface area contributed by atoms with Crippen molar-refractivity contribution in [1.82, 2.24) is 9.78 Å². The molecule has 0 spiro atoms. The fraction of sp³-hybridized carbons (Fsp3) is 0.231. The smallest absolute Gasteiger partial charge is 0.416 e. The number of aromatic nitrogens is 2. The number of hydrogen-bond donors (Lipinski definition) is 1. The van der Waals surface area contributed by atoms with Gasteiger partial charge in [-0.2, -0.15) is 18.3 Å². The van der Waals surface area contributed by atoms with Gasteiger partial charge in [-0.25, -0.2) is 0 Å². The van der Waals surface area contributed by atoms with E-state index in [1.165, 1.54) is 16.8 Å². The summed E-state index contributed by atoms with van der Waals surface area (Å²) >= 11 is 0. The van der Waals surface area contributed by atoms with E-state index >= 15 is 0 Å². The number of halogens is 3. The molecule has 106 valence electrons. The second-order valence-corrected chi connectivity index (χ2v) is 4.29. The number of carbonyl (C=O) groups is 1. The van der Waals surface area contributed by atoms with Gasteiger partial charge in [0, 0.05) is 7.05 Å². The summed E-state index contributed by atoms with van der Waals surface area (Å²) in [5.74, 6) is -1.01. The average molecular weight is 284 g/mol. The van der Waals surface area contributed by atoms with E-state index in [1.54, 1.807) is 13.1 Å². The standard InChI is InChI=1S/C13H11F3N2O2/c1-18-11(6-10(17-18)7-12(19)20)8-2-4-9(5-3-8)13(14,15)16/h2-6H,7H2,1H3,(H,19,20). The maximum atomic E-state index is 12.5. The van der Waals surface area contributed by atoms with Gasteiger partial charge in [-0.1, -0.05) is 12.1 Å². The van der Waals surface area contributed by atoms with Gasteiger partial charge >= 0.3 is 12.1 Å². The van der Waals surface area contributed by atoms with Crippen LogP contribution in [0.25, 0.3) is 11.3 Å². The molecule has 0 saturated heterocycles. The molecule has 1 N–H and O–H groups in total. The van der Waals surface area contributed by atoms with Crippen molar-refractivity contribution in [2.75, 3.05) is 0 Å². The lowest BCUT2D eigenvalue weighted by Gasteiger charge is -2.07. The molecule has 0 radical (unpaired) electrons. The van der Waals surface area contributed by atoms with Crippen LogP contribution in [0.1, 0.15) is 11.3 Å². The second kappa shape index (κ2) is 4.99. The van der Waals surface area contributed by atoms with Crippen LogP contribution in [-0.2, 0) is 24.4 Å². The van der Waals surface area contributed by atoms with Gasteiger partial charge in [0.15, 0.2) is 0 Å². The van der Waals surface area contributed by atoms with Crippen LogP contribution in [0.5, 0.6) is 0 Å². The van der Waals surface area contributed by atoms with Crippen LogP contribution < -0.4 is 0 Å². The molecule has 0 aliphatic heterocycles. The zero-order valence-electron chi connectivity index (χ0n) is 10.5. The topological polar surface area (TPSA) is 55.1 Å². The molecule has 7 heteroatoms. The van der Waals surface area contributed by atoms with Gasteiger partial charge in [0.2, 0.25) is 0 Å². The highest BCUT2D eigenvalue weighted by Gasteiger charge is 2.30. The van der Waals surface area contributed by atoms with Gasteiger partial charge in [0.1, 0.15) is 0 Å². The fourth-order valence-corrected chi connectivity index (χ4v) is 1.87. The van der Waals surface area contributed by atoms with Gasteiger partial charge in [-0.3, -0.25) is 9.48 Å². The zero-order chi connectivity index (χ0) is 14.9. The van der Waals surface area contributed by atoms with Crippen molar-refractivity contribution in [3.05, 3.63) is 41.6 Å². The van der Waals surface area contributed by atoms with E-state index in [2.05, 4.69) is 5.10 Å². The third-order valence-electron chi connectivity index (χ3n) is 2.77. The van der Waals surface area contributed by atoms with Gasteiger partial charge in [-0.15, -0.1) is 0 Å². The maximum Gasteiger partial charge on any atom is 0.416 e. The summed E-state index contributed by atoms with van der Waals surface area (Å²) in [6.07, 6.45) is -4.60. The van der Waals surface area contributed by atoms with Crippen LogP contribution in [0.4, 0.5) is 13.2 Å². The van der Waals surface area contributed by atoms with E-state index in [1.807, 2.05) is 0 Å². The van der Waals surface area contributed by atoms with Crippen molar-refractivity contribution in [2.45, 2.75) is 12.6 Å². The molecule has 1 aromatic carbocycles. The molecule has 0 fully saturated rings. The van der Waals surface area contributed by atoms with Crippen LogP contribution in [0.15, 0.2) is 30.3 Å². The summed E-state index contributed by atoms with van der Waals surface area (Å²) in [7, 11) is 1.61. The van der Waals surface area contributed by atoms with E-state index in [-0.39, 0.29) is 6.42 Å². The molecule has 0 unspecified atom stereocenters. The highest BCUT2D eigenvalue weighted by atomic mass is 19.4. The summed E-state index contributed by atoms with van der Waals surface area (Å²) in [6.45, 7) is 0. The molecule has 2 rings (SSSR count). The third kappa shape index (κ3) is 2.98. The number of aryl methyl sites for hydroxylation is 1. The summed E-state index contributed by atoms with van der Waals surface area (Å²) in [6, 6.07) is 6.20. The molecule has 0 amide bonds. The van der Waals surface area contributed by atoms with Gasteiger partial charge in [0.05, 0.1) is 23.4 Å². The quantitative estimate of drug-likeness (QED) is 0.942. The Morgan fingerprint density at radius 3 is 2.40 bits per heavy atom. The summed E-state index contributed by atoms with van der Waals surface area (Å²) in [4.78, 5) is 10.6. The summed E-state index contributed by atoms with van der Waals surface area (Å²) in [5, 5.41) is 12.7. The van der Waals surface area contributed by atoms with Crippen LogP contribution in [0.2, 0.25) is 0 Å². The van der Waals surface area contributed by atoms with E-state index in [9.17, 15) is 18.0 Å². The lowest BCUT2D eigenvalue weighted by atomic mass is 10.1. The van der Waals surface area contributed by atoms with E-state index < -0.39 is 17.7 Å². The molecule has 1 aromatic heterocycles. The van der Waals surface area contributed by atoms with Gasteiger partial charge in [0.25, 0.3) is 0 Å². The average Bonchev–Trinajstić information content (AvgIpc) is 2.68. The van der Waals surface area contributed by atoms with Crippen LogP contribution in [-0.4, -0.2) is 20.9 Å². The van der Waals surface area contributed by atoms with Crippen molar-refractivity contribution in [1.29, 1.82) is 0 Å². The first kappa shape index (κ1) is 14.1. The SMILES string of the molecule is Cn1nc(CC(=O)O)cc1-c1ccc(C(F)(F)F)cc1. The molecule has 0 aliphatic carbocycles. The van der Waals surface area contributed by atoms with E-state index in [0.717, 1.165) is 12.1 Å². The maximum absolute atomic E-state index is 12.5. The normalized spacial score (nSPS) is 11.6. The first-order valence-corrected chi connectivity index (χ1v) is 5.69. The van der Waals surface area contributed by atoms with Crippen molar-refractivity contribution in [2.24, 2.45) is 7.05 Å². The van der Waals surface area contributed by atoms with E-state index in [0.29, 0.717) is 17.0 Å². The minimum atomic E-state index is -4.38. The Hall–Kier alpha value is -2.31. The third-order valence-corrected chi connectivity index (χ3v) is 2.77. The predicted octanol–water partition coefficient (Wildman–Crippen LogP) is 2.73. The zero-order valence-corrected chi connectivity index (χ0v) is 10.5. The molecule has 0 atom stereocenters. The largest absolute Gasteiger partial charge is 0.481 e. The van der Waals surface area contributed by atoms with Crippen LogP contribution >= 0.6 is 0 Å². The molecule has 0 bridgehead atoms. The molecule has 1 heterocycles. The number of carboxylic acid groups (broad SMARTS) is 1.